The van der Waals surface area contributed by atoms with Crippen LogP contribution in [0.25, 0.3) is 21.5 Å². The number of piperidine rings is 1. The molecule has 2 amide bonds. The molecule has 0 spiro atoms. The molecule has 0 aliphatic carbocycles. The van der Waals surface area contributed by atoms with Crippen LogP contribution in [0.5, 0.6) is 0 Å². The normalized spacial score (nSPS) is 15.1. The van der Waals surface area contributed by atoms with Crippen molar-refractivity contribution in [3.05, 3.63) is 96.1 Å². The van der Waals surface area contributed by atoms with Crippen LogP contribution in [0.4, 0.5) is 0 Å². The molecule has 3 N–H and O–H groups in total. The fourth-order valence-electron chi connectivity index (χ4n) is 4.85. The minimum atomic E-state index is -0.626. The van der Waals surface area contributed by atoms with Crippen molar-refractivity contribution in [2.24, 2.45) is 5.92 Å². The van der Waals surface area contributed by atoms with Crippen molar-refractivity contribution in [3.63, 3.8) is 0 Å². The zero-order chi connectivity index (χ0) is 24.0. The Balaban J connectivity index is 1.32. The summed E-state index contributed by atoms with van der Waals surface area (Å²) in [5.74, 6) is -0.240. The van der Waals surface area contributed by atoms with Gasteiger partial charge in [0.15, 0.2) is 0 Å². The lowest BCUT2D eigenvalue weighted by Gasteiger charge is -2.25. The summed E-state index contributed by atoms with van der Waals surface area (Å²) in [6.07, 6.45) is 2.05. The van der Waals surface area contributed by atoms with E-state index in [1.807, 2.05) is 36.4 Å². The van der Waals surface area contributed by atoms with E-state index in [2.05, 4.69) is 64.5 Å². The van der Waals surface area contributed by atoms with Gasteiger partial charge in [-0.1, -0.05) is 78.9 Å². The summed E-state index contributed by atoms with van der Waals surface area (Å²) in [4.78, 5) is 26.3. The lowest BCUT2D eigenvalue weighted by atomic mass is 9.95. The molecule has 5 nitrogen and oxygen atoms in total. The van der Waals surface area contributed by atoms with Gasteiger partial charge in [-0.2, -0.15) is 0 Å². The number of carbonyl (C=O) groups excluding carboxylic acids is 2. The van der Waals surface area contributed by atoms with Crippen LogP contribution in [0.3, 0.4) is 0 Å². The molecule has 0 radical (unpaired) electrons. The minimum absolute atomic E-state index is 0.0295. The van der Waals surface area contributed by atoms with Crippen molar-refractivity contribution in [3.8, 4) is 0 Å². The monoisotopic (exact) mass is 465 g/mol. The van der Waals surface area contributed by atoms with E-state index in [9.17, 15) is 9.59 Å². The molecular weight excluding hydrogens is 434 g/mol. The number of amides is 2. The Kier molecular flexibility index (Phi) is 7.05. The Hall–Kier alpha value is -3.70. The van der Waals surface area contributed by atoms with Gasteiger partial charge in [0.1, 0.15) is 6.04 Å². The lowest BCUT2D eigenvalue weighted by Crippen LogP contribution is -2.50. The van der Waals surface area contributed by atoms with Crippen LogP contribution in [0.2, 0.25) is 0 Å². The smallest absolute Gasteiger partial charge is 0.243 e. The van der Waals surface area contributed by atoms with E-state index in [0.29, 0.717) is 13.0 Å². The summed E-state index contributed by atoms with van der Waals surface area (Å²) < 4.78 is 0. The van der Waals surface area contributed by atoms with Crippen LogP contribution >= 0.6 is 0 Å². The molecule has 0 unspecified atom stereocenters. The Morgan fingerprint density at radius 2 is 1.34 bits per heavy atom. The van der Waals surface area contributed by atoms with E-state index in [0.717, 1.165) is 53.2 Å². The standard InChI is InChI=1S/C30H31N3O2/c34-29(25-13-15-31-16-14-25)33-28(19-21-9-11-23-5-1-3-7-26(23)17-21)30(35)32-20-22-10-12-24-6-2-4-8-27(24)18-22/h1-12,17-18,25,28,31H,13-16,19-20H2,(H,32,35)(H,33,34)/t28-/m1/s1. The quantitative estimate of drug-likeness (QED) is 0.380. The fourth-order valence-corrected chi connectivity index (χ4v) is 4.85. The highest BCUT2D eigenvalue weighted by Gasteiger charge is 2.27. The molecule has 0 saturated carbocycles. The van der Waals surface area contributed by atoms with Gasteiger partial charge in [0.25, 0.3) is 0 Å². The molecule has 178 valence electrons. The molecule has 0 aromatic heterocycles. The van der Waals surface area contributed by atoms with Crippen molar-refractivity contribution < 1.29 is 9.59 Å². The van der Waals surface area contributed by atoms with Gasteiger partial charge in [0.05, 0.1) is 0 Å². The zero-order valence-corrected chi connectivity index (χ0v) is 19.8. The molecule has 4 aromatic rings. The average Bonchev–Trinajstić information content (AvgIpc) is 2.91. The van der Waals surface area contributed by atoms with E-state index < -0.39 is 6.04 Å². The van der Waals surface area contributed by atoms with Gasteiger partial charge < -0.3 is 16.0 Å². The molecule has 1 aliphatic rings. The summed E-state index contributed by atoms with van der Waals surface area (Å²) in [6, 6.07) is 28.2. The topological polar surface area (TPSA) is 70.2 Å². The first-order valence-electron chi connectivity index (χ1n) is 12.4. The van der Waals surface area contributed by atoms with Crippen molar-refractivity contribution in [1.82, 2.24) is 16.0 Å². The lowest BCUT2D eigenvalue weighted by molar-refractivity contribution is -0.131. The van der Waals surface area contributed by atoms with Gasteiger partial charge >= 0.3 is 0 Å². The number of hydrogen-bond donors (Lipinski definition) is 3. The first kappa shape index (κ1) is 23.1. The van der Waals surface area contributed by atoms with E-state index >= 15 is 0 Å². The van der Waals surface area contributed by atoms with Gasteiger partial charge in [-0.3, -0.25) is 9.59 Å². The highest BCUT2D eigenvalue weighted by Crippen LogP contribution is 2.19. The maximum absolute atomic E-state index is 13.3. The predicted octanol–water partition coefficient (Wildman–Crippen LogP) is 4.34. The molecule has 5 rings (SSSR count). The molecule has 1 aliphatic heterocycles. The van der Waals surface area contributed by atoms with Crippen LogP contribution in [0, 0.1) is 5.92 Å². The number of benzene rings is 4. The average molecular weight is 466 g/mol. The third-order valence-corrected chi connectivity index (χ3v) is 6.88. The van der Waals surface area contributed by atoms with Crippen molar-refractivity contribution in [2.45, 2.75) is 31.8 Å². The van der Waals surface area contributed by atoms with Gasteiger partial charge in [-0.05, 0) is 64.7 Å². The van der Waals surface area contributed by atoms with Crippen molar-refractivity contribution in [2.75, 3.05) is 13.1 Å². The molecule has 4 aromatic carbocycles. The Labute approximate surface area is 205 Å². The molecule has 1 atom stereocenters. The summed E-state index contributed by atoms with van der Waals surface area (Å²) in [5.41, 5.74) is 2.06. The van der Waals surface area contributed by atoms with Gasteiger partial charge in [0.2, 0.25) is 11.8 Å². The number of hydrogen-bond acceptors (Lipinski definition) is 3. The minimum Gasteiger partial charge on any atom is -0.350 e. The Bertz CT molecular complexity index is 1340. The molecular formula is C30H31N3O2. The van der Waals surface area contributed by atoms with Gasteiger partial charge in [0, 0.05) is 18.9 Å². The highest BCUT2D eigenvalue weighted by molar-refractivity contribution is 5.89. The van der Waals surface area contributed by atoms with Crippen LogP contribution < -0.4 is 16.0 Å². The van der Waals surface area contributed by atoms with E-state index in [-0.39, 0.29) is 17.7 Å². The molecule has 5 heteroatoms. The van der Waals surface area contributed by atoms with E-state index in [4.69, 9.17) is 0 Å². The fraction of sp³-hybridized carbons (Fsp3) is 0.267. The second kappa shape index (κ2) is 10.7. The van der Waals surface area contributed by atoms with Crippen molar-refractivity contribution >= 4 is 33.4 Å². The van der Waals surface area contributed by atoms with Gasteiger partial charge in [-0.25, -0.2) is 0 Å². The van der Waals surface area contributed by atoms with E-state index in [1.54, 1.807) is 0 Å². The largest absolute Gasteiger partial charge is 0.350 e. The summed E-state index contributed by atoms with van der Waals surface area (Å²) in [6.45, 7) is 2.09. The second-order valence-electron chi connectivity index (χ2n) is 9.37. The van der Waals surface area contributed by atoms with Gasteiger partial charge in [-0.15, -0.1) is 0 Å². The molecule has 1 heterocycles. The molecule has 1 fully saturated rings. The number of carbonyl (C=O) groups is 2. The van der Waals surface area contributed by atoms with Crippen LogP contribution in [0.15, 0.2) is 84.9 Å². The third kappa shape index (κ3) is 5.69. The SMILES string of the molecule is O=C(N[C@H](Cc1ccc2ccccc2c1)C(=O)NCc1ccc2ccccc2c1)C1CCNCC1. The first-order chi connectivity index (χ1) is 17.2. The number of rotatable bonds is 7. The first-order valence-corrected chi connectivity index (χ1v) is 12.4. The Morgan fingerprint density at radius 1 is 0.771 bits per heavy atom. The molecule has 1 saturated heterocycles. The third-order valence-electron chi connectivity index (χ3n) is 6.88. The second-order valence-corrected chi connectivity index (χ2v) is 9.37. The van der Waals surface area contributed by atoms with E-state index in [1.165, 1.54) is 5.39 Å². The molecule has 0 bridgehead atoms. The molecule has 35 heavy (non-hydrogen) atoms. The summed E-state index contributed by atoms with van der Waals surface area (Å²) in [7, 11) is 0. The van der Waals surface area contributed by atoms with Crippen LogP contribution in [-0.2, 0) is 22.6 Å². The summed E-state index contributed by atoms with van der Waals surface area (Å²) in [5, 5.41) is 14.0. The predicted molar refractivity (Wildman–Crippen MR) is 141 cm³/mol. The Morgan fingerprint density at radius 3 is 2.00 bits per heavy atom. The zero-order valence-electron chi connectivity index (χ0n) is 19.8. The number of fused-ring (bicyclic) bond motifs is 2. The van der Waals surface area contributed by atoms with Crippen LogP contribution in [-0.4, -0.2) is 30.9 Å². The van der Waals surface area contributed by atoms with Crippen molar-refractivity contribution in [1.29, 1.82) is 0 Å². The van der Waals surface area contributed by atoms with Crippen LogP contribution in [0.1, 0.15) is 24.0 Å². The summed E-state index contributed by atoms with van der Waals surface area (Å²) >= 11 is 0. The maximum Gasteiger partial charge on any atom is 0.243 e. The number of nitrogens with one attached hydrogen (secondary N) is 3. The maximum atomic E-state index is 13.3. The highest BCUT2D eigenvalue weighted by atomic mass is 16.2.